The molecule has 3 heteroatoms. The van der Waals surface area contributed by atoms with E-state index in [1.807, 2.05) is 18.8 Å². The molecule has 0 bridgehead atoms. The number of nitrogens with one attached hydrogen (secondary N) is 1. The molecular weight excluding hydrogens is 246 g/mol. The lowest BCUT2D eigenvalue weighted by atomic mass is 9.97. The van der Waals surface area contributed by atoms with Gasteiger partial charge in [-0.1, -0.05) is 32.0 Å². The Morgan fingerprint density at radius 2 is 2.00 bits per heavy atom. The summed E-state index contributed by atoms with van der Waals surface area (Å²) in [6.07, 6.45) is 1.97. The van der Waals surface area contributed by atoms with Gasteiger partial charge in [0, 0.05) is 24.3 Å². The van der Waals surface area contributed by atoms with E-state index in [1.165, 1.54) is 28.1 Å². The van der Waals surface area contributed by atoms with Gasteiger partial charge in [-0.15, -0.1) is 0 Å². The lowest BCUT2D eigenvalue weighted by molar-refractivity contribution is 0.652. The summed E-state index contributed by atoms with van der Waals surface area (Å²) in [4.78, 5) is 0. The van der Waals surface area contributed by atoms with Crippen LogP contribution in [0.1, 0.15) is 43.8 Å². The maximum Gasteiger partial charge on any atom is 0.0703 e. The first kappa shape index (κ1) is 14.8. The highest BCUT2D eigenvalue weighted by Crippen LogP contribution is 2.30. The number of hydrogen-bond acceptors (Lipinski definition) is 2. The van der Waals surface area contributed by atoms with Gasteiger partial charge in [0.05, 0.1) is 5.69 Å². The summed E-state index contributed by atoms with van der Waals surface area (Å²) in [5.41, 5.74) is 6.43. The van der Waals surface area contributed by atoms with Gasteiger partial charge in [0.15, 0.2) is 0 Å². The molecule has 0 spiro atoms. The van der Waals surface area contributed by atoms with Crippen LogP contribution in [0.3, 0.4) is 0 Å². The van der Waals surface area contributed by atoms with Crippen LogP contribution in [0, 0.1) is 0 Å². The predicted octanol–water partition coefficient (Wildman–Crippen LogP) is 3.49. The number of nitrogens with zero attached hydrogens (tertiary/aromatic N) is 2. The first-order chi connectivity index (χ1) is 9.62. The van der Waals surface area contributed by atoms with Crippen LogP contribution >= 0.6 is 0 Å². The van der Waals surface area contributed by atoms with Gasteiger partial charge in [0.25, 0.3) is 0 Å². The highest BCUT2D eigenvalue weighted by molar-refractivity contribution is 5.69. The number of aromatic nitrogens is 2. The molecule has 0 saturated heterocycles. The van der Waals surface area contributed by atoms with Crippen LogP contribution in [0.4, 0.5) is 0 Å². The lowest BCUT2D eigenvalue weighted by Crippen LogP contribution is -2.12. The third-order valence-corrected chi connectivity index (χ3v) is 4.02. The van der Waals surface area contributed by atoms with Crippen molar-refractivity contribution in [1.29, 1.82) is 0 Å². The largest absolute Gasteiger partial charge is 0.313 e. The van der Waals surface area contributed by atoms with Crippen LogP contribution in [0.25, 0.3) is 11.1 Å². The maximum absolute atomic E-state index is 4.67. The molecule has 1 aromatic carbocycles. The average Bonchev–Trinajstić information content (AvgIpc) is 2.82. The minimum atomic E-state index is 0.363. The zero-order valence-electron chi connectivity index (χ0n) is 13.2. The van der Waals surface area contributed by atoms with Crippen LogP contribution in [-0.2, 0) is 19.9 Å². The standard InChI is InChI=1S/C17H25N3/c1-6-15-17(16(7-2)20(5)19-15)14-10-8-9-13(11-14)12(3)18-4/h8-12,18H,6-7H2,1-5H3. The van der Waals surface area contributed by atoms with E-state index in [0.717, 1.165) is 12.8 Å². The quantitative estimate of drug-likeness (QED) is 0.902. The summed E-state index contributed by atoms with van der Waals surface area (Å²) in [6.45, 7) is 6.55. The molecular formula is C17H25N3. The summed E-state index contributed by atoms with van der Waals surface area (Å²) >= 11 is 0. The van der Waals surface area contributed by atoms with E-state index >= 15 is 0 Å². The first-order valence-electron chi connectivity index (χ1n) is 7.44. The molecule has 0 radical (unpaired) electrons. The van der Waals surface area contributed by atoms with Gasteiger partial charge in [-0.25, -0.2) is 0 Å². The molecule has 0 saturated carbocycles. The SMILES string of the molecule is CCc1nn(C)c(CC)c1-c1cccc(C(C)NC)c1. The Kier molecular flexibility index (Phi) is 4.61. The highest BCUT2D eigenvalue weighted by Gasteiger charge is 2.16. The molecule has 20 heavy (non-hydrogen) atoms. The Balaban J connectivity index is 2.56. The van der Waals surface area contributed by atoms with Gasteiger partial charge in [0.2, 0.25) is 0 Å². The maximum atomic E-state index is 4.67. The normalized spacial score (nSPS) is 12.7. The van der Waals surface area contributed by atoms with E-state index in [4.69, 9.17) is 0 Å². The number of aryl methyl sites for hydroxylation is 2. The van der Waals surface area contributed by atoms with Gasteiger partial charge < -0.3 is 5.32 Å². The average molecular weight is 271 g/mol. The second kappa shape index (κ2) is 6.23. The summed E-state index contributed by atoms with van der Waals surface area (Å²) in [6, 6.07) is 9.17. The van der Waals surface area contributed by atoms with Crippen LogP contribution in [0.15, 0.2) is 24.3 Å². The third kappa shape index (κ3) is 2.63. The van der Waals surface area contributed by atoms with Crippen LogP contribution in [0.5, 0.6) is 0 Å². The van der Waals surface area contributed by atoms with E-state index in [1.54, 1.807) is 0 Å². The van der Waals surface area contributed by atoms with Crippen LogP contribution in [-0.4, -0.2) is 16.8 Å². The molecule has 0 aliphatic rings. The van der Waals surface area contributed by atoms with Gasteiger partial charge in [-0.05, 0) is 44.0 Å². The molecule has 1 unspecified atom stereocenters. The van der Waals surface area contributed by atoms with Gasteiger partial charge >= 0.3 is 0 Å². The molecule has 108 valence electrons. The number of hydrogen-bond donors (Lipinski definition) is 1. The fourth-order valence-electron chi connectivity index (χ4n) is 2.74. The summed E-state index contributed by atoms with van der Waals surface area (Å²) in [7, 11) is 4.04. The lowest BCUT2D eigenvalue weighted by Gasteiger charge is -2.13. The van der Waals surface area contributed by atoms with Crippen molar-refractivity contribution in [2.24, 2.45) is 7.05 Å². The Morgan fingerprint density at radius 3 is 2.60 bits per heavy atom. The fourth-order valence-corrected chi connectivity index (χ4v) is 2.74. The van der Waals surface area contributed by atoms with Crippen molar-refractivity contribution >= 4 is 0 Å². The Hall–Kier alpha value is -1.61. The summed E-state index contributed by atoms with van der Waals surface area (Å²) in [5.74, 6) is 0. The smallest absolute Gasteiger partial charge is 0.0703 e. The Morgan fingerprint density at radius 1 is 1.25 bits per heavy atom. The fraction of sp³-hybridized carbons (Fsp3) is 0.471. The Bertz CT molecular complexity index is 584. The van der Waals surface area contributed by atoms with E-state index in [9.17, 15) is 0 Å². The molecule has 0 aliphatic heterocycles. The van der Waals surface area contributed by atoms with Crippen LogP contribution in [0.2, 0.25) is 0 Å². The van der Waals surface area contributed by atoms with Crippen molar-refractivity contribution in [1.82, 2.24) is 15.1 Å². The van der Waals surface area contributed by atoms with E-state index < -0.39 is 0 Å². The van der Waals surface area contributed by atoms with Crippen molar-refractivity contribution < 1.29 is 0 Å². The molecule has 1 atom stereocenters. The number of benzene rings is 1. The van der Waals surface area contributed by atoms with Crippen molar-refractivity contribution in [3.63, 3.8) is 0 Å². The Labute approximate surface area is 122 Å². The minimum Gasteiger partial charge on any atom is -0.313 e. The van der Waals surface area contributed by atoms with Gasteiger partial charge in [-0.2, -0.15) is 5.10 Å². The molecule has 1 N–H and O–H groups in total. The molecule has 2 aromatic rings. The highest BCUT2D eigenvalue weighted by atomic mass is 15.3. The molecule has 1 aromatic heterocycles. The van der Waals surface area contributed by atoms with Crippen molar-refractivity contribution in [3.05, 3.63) is 41.2 Å². The van der Waals surface area contributed by atoms with Crippen molar-refractivity contribution in [3.8, 4) is 11.1 Å². The first-order valence-corrected chi connectivity index (χ1v) is 7.44. The van der Waals surface area contributed by atoms with Crippen molar-refractivity contribution in [2.45, 2.75) is 39.7 Å². The predicted molar refractivity (Wildman–Crippen MR) is 84.9 cm³/mol. The third-order valence-electron chi connectivity index (χ3n) is 4.02. The minimum absolute atomic E-state index is 0.363. The van der Waals surface area contributed by atoms with Gasteiger partial charge in [-0.3, -0.25) is 4.68 Å². The molecule has 1 heterocycles. The topological polar surface area (TPSA) is 29.9 Å². The molecule has 0 aliphatic carbocycles. The monoisotopic (exact) mass is 271 g/mol. The van der Waals surface area contributed by atoms with E-state index in [2.05, 4.69) is 55.5 Å². The summed E-state index contributed by atoms with van der Waals surface area (Å²) in [5, 5.41) is 7.97. The molecule has 0 amide bonds. The van der Waals surface area contributed by atoms with Gasteiger partial charge in [0.1, 0.15) is 0 Å². The zero-order valence-corrected chi connectivity index (χ0v) is 13.2. The molecule has 2 rings (SSSR count). The molecule has 3 nitrogen and oxygen atoms in total. The van der Waals surface area contributed by atoms with E-state index in [-0.39, 0.29) is 0 Å². The zero-order chi connectivity index (χ0) is 14.7. The summed E-state index contributed by atoms with van der Waals surface area (Å²) < 4.78 is 2.03. The number of rotatable bonds is 5. The van der Waals surface area contributed by atoms with E-state index in [0.29, 0.717) is 6.04 Å². The van der Waals surface area contributed by atoms with Crippen LogP contribution < -0.4 is 5.32 Å². The molecule has 0 fully saturated rings. The van der Waals surface area contributed by atoms with Crippen molar-refractivity contribution in [2.75, 3.05) is 7.05 Å². The second-order valence-electron chi connectivity index (χ2n) is 5.23. The second-order valence-corrected chi connectivity index (χ2v) is 5.23.